The molecule has 3 aromatic rings. The van der Waals surface area contributed by atoms with Gasteiger partial charge in [-0.2, -0.15) is 0 Å². The number of nitrogens with zero attached hydrogens (tertiary/aromatic N) is 3. The molecule has 1 aromatic heterocycles. The molecule has 3 N–H and O–H groups in total. The minimum Gasteiger partial charge on any atom is -0.365 e. The van der Waals surface area contributed by atoms with Gasteiger partial charge in [0.15, 0.2) is 5.69 Å². The monoisotopic (exact) mass is 445 g/mol. The largest absolute Gasteiger partial charge is 0.365 e. The lowest BCUT2D eigenvalue weighted by molar-refractivity contribution is -0.00180. The topological polar surface area (TPSA) is 129 Å². The highest BCUT2D eigenvalue weighted by Gasteiger charge is 2.27. The maximum atomic E-state index is 13.1. The zero-order valence-electron chi connectivity index (χ0n) is 16.4. The number of sulfonamides is 1. The minimum absolute atomic E-state index is 0.0370. The van der Waals surface area contributed by atoms with Crippen LogP contribution in [-0.2, 0) is 34.3 Å². The number of amides is 1. The Morgan fingerprint density at radius 2 is 1.90 bits per heavy atom. The molecule has 0 saturated carbocycles. The fourth-order valence-corrected chi connectivity index (χ4v) is 3.83. The molecule has 11 heteroatoms. The third kappa shape index (κ3) is 4.79. The summed E-state index contributed by atoms with van der Waals surface area (Å²) in [7, 11) is -3.73. The van der Waals surface area contributed by atoms with Crippen LogP contribution in [0.15, 0.2) is 53.4 Å². The van der Waals surface area contributed by atoms with Crippen LogP contribution >= 0.6 is 0 Å². The Labute approximate surface area is 178 Å². The minimum atomic E-state index is -3.73. The Hall–Kier alpha value is -3.15. The molecule has 0 radical (unpaired) electrons. The lowest BCUT2D eigenvalue weighted by Crippen LogP contribution is -2.29. The lowest BCUT2D eigenvalue weighted by Gasteiger charge is -2.24. The number of nitrogens with one attached hydrogen (secondary N) is 1. The van der Waals surface area contributed by atoms with Gasteiger partial charge in [-0.25, -0.2) is 22.6 Å². The molecule has 0 saturated heterocycles. The number of rotatable bonds is 6. The van der Waals surface area contributed by atoms with E-state index < -0.39 is 10.0 Å². The molecule has 1 aliphatic rings. The molecule has 2 heterocycles. The van der Waals surface area contributed by atoms with E-state index in [4.69, 9.17) is 9.88 Å². The van der Waals surface area contributed by atoms with E-state index in [0.717, 1.165) is 11.1 Å². The molecule has 4 rings (SSSR count). The number of fused-ring (bicyclic) bond motifs is 1. The zero-order valence-corrected chi connectivity index (χ0v) is 17.2. The number of halogens is 1. The van der Waals surface area contributed by atoms with E-state index in [1.165, 1.54) is 24.3 Å². The van der Waals surface area contributed by atoms with E-state index in [1.807, 2.05) is 0 Å². The molecule has 0 unspecified atom stereocenters. The van der Waals surface area contributed by atoms with Crippen molar-refractivity contribution >= 4 is 15.9 Å². The summed E-state index contributed by atoms with van der Waals surface area (Å²) in [4.78, 5) is 12.6. The number of nitrogens with two attached hydrogens (primary N) is 1. The SMILES string of the molecule is NS(=O)(=O)c1ccc(CCNC(=O)c2nnn3c2CO[C@H](c2ccc(F)cc2)C3)cc1. The lowest BCUT2D eigenvalue weighted by atomic mass is 10.1. The third-order valence-corrected chi connectivity index (χ3v) is 5.93. The fraction of sp³-hybridized carbons (Fsp3) is 0.250. The van der Waals surface area contributed by atoms with Crippen molar-refractivity contribution in [3.05, 3.63) is 76.9 Å². The van der Waals surface area contributed by atoms with Crippen LogP contribution in [0.3, 0.4) is 0 Å². The Morgan fingerprint density at radius 1 is 1.19 bits per heavy atom. The van der Waals surface area contributed by atoms with E-state index in [2.05, 4.69) is 15.6 Å². The van der Waals surface area contributed by atoms with Crippen molar-refractivity contribution in [1.82, 2.24) is 20.3 Å². The fourth-order valence-electron chi connectivity index (χ4n) is 3.32. The first kappa shape index (κ1) is 21.1. The third-order valence-electron chi connectivity index (χ3n) is 5.01. The van der Waals surface area contributed by atoms with Crippen LogP contribution < -0.4 is 10.5 Å². The first-order valence-corrected chi connectivity index (χ1v) is 11.1. The van der Waals surface area contributed by atoms with Crippen LogP contribution in [-0.4, -0.2) is 35.9 Å². The molecule has 31 heavy (non-hydrogen) atoms. The van der Waals surface area contributed by atoms with Gasteiger partial charge in [-0.1, -0.05) is 29.5 Å². The first-order chi connectivity index (χ1) is 14.8. The number of primary sulfonamides is 1. The van der Waals surface area contributed by atoms with Crippen molar-refractivity contribution in [2.45, 2.75) is 30.6 Å². The van der Waals surface area contributed by atoms with Crippen LogP contribution in [0.25, 0.3) is 0 Å². The normalized spacial score (nSPS) is 16.0. The molecule has 0 spiro atoms. The maximum absolute atomic E-state index is 13.1. The number of aromatic nitrogens is 3. The molecule has 1 aliphatic heterocycles. The van der Waals surface area contributed by atoms with Crippen molar-refractivity contribution < 1.29 is 22.3 Å². The Kier molecular flexibility index (Phi) is 5.81. The molecule has 0 fully saturated rings. The Balaban J connectivity index is 1.35. The van der Waals surface area contributed by atoms with Crippen molar-refractivity contribution in [3.8, 4) is 0 Å². The van der Waals surface area contributed by atoms with Crippen molar-refractivity contribution in [2.24, 2.45) is 5.14 Å². The van der Waals surface area contributed by atoms with Crippen molar-refractivity contribution in [2.75, 3.05) is 6.54 Å². The predicted molar refractivity (Wildman–Crippen MR) is 108 cm³/mol. The number of hydrogen-bond donors (Lipinski definition) is 2. The average molecular weight is 445 g/mol. The van der Waals surface area contributed by atoms with Gasteiger partial charge in [0, 0.05) is 6.54 Å². The van der Waals surface area contributed by atoms with Gasteiger partial charge in [-0.15, -0.1) is 5.10 Å². The van der Waals surface area contributed by atoms with Gasteiger partial charge in [0.1, 0.15) is 11.9 Å². The van der Waals surface area contributed by atoms with Crippen molar-refractivity contribution in [1.29, 1.82) is 0 Å². The molecule has 2 aromatic carbocycles. The van der Waals surface area contributed by atoms with E-state index in [9.17, 15) is 17.6 Å². The Morgan fingerprint density at radius 3 is 2.58 bits per heavy atom. The summed E-state index contributed by atoms with van der Waals surface area (Å²) in [6.45, 7) is 0.864. The van der Waals surface area contributed by atoms with E-state index in [1.54, 1.807) is 28.9 Å². The summed E-state index contributed by atoms with van der Waals surface area (Å²) < 4.78 is 43.2. The average Bonchev–Trinajstić information content (AvgIpc) is 3.17. The second-order valence-corrected chi connectivity index (χ2v) is 8.67. The van der Waals surface area contributed by atoms with Gasteiger partial charge in [0.2, 0.25) is 10.0 Å². The molecule has 9 nitrogen and oxygen atoms in total. The quantitative estimate of drug-likeness (QED) is 0.589. The number of carbonyl (C=O) groups is 1. The van der Waals surface area contributed by atoms with Gasteiger partial charge < -0.3 is 10.1 Å². The summed E-state index contributed by atoms with van der Waals surface area (Å²) >= 11 is 0. The zero-order chi connectivity index (χ0) is 22.0. The number of hydrogen-bond acceptors (Lipinski definition) is 6. The summed E-state index contributed by atoms with van der Waals surface area (Å²) in [6.07, 6.45) is 0.203. The van der Waals surface area contributed by atoms with Crippen LogP contribution in [0.1, 0.15) is 33.4 Å². The number of ether oxygens (including phenoxy) is 1. The summed E-state index contributed by atoms with van der Waals surface area (Å²) in [5, 5.41) is 15.9. The molecule has 0 aliphatic carbocycles. The van der Waals surface area contributed by atoms with Gasteiger partial charge in [-0.05, 0) is 41.8 Å². The van der Waals surface area contributed by atoms with E-state index in [-0.39, 0.29) is 35.0 Å². The standard InChI is InChI=1S/C20H20FN5O4S/c21-15-5-3-14(4-6-15)18-11-26-17(12-30-18)19(24-25-26)20(27)23-10-9-13-1-7-16(8-2-13)31(22,28)29/h1-8,18H,9-12H2,(H,23,27)(H2,22,28,29)/t18-/m0/s1. The summed E-state index contributed by atoms with van der Waals surface area (Å²) in [5.41, 5.74) is 2.45. The van der Waals surface area contributed by atoms with Crippen LogP contribution in [0.4, 0.5) is 4.39 Å². The van der Waals surface area contributed by atoms with E-state index in [0.29, 0.717) is 25.2 Å². The maximum Gasteiger partial charge on any atom is 0.273 e. The van der Waals surface area contributed by atoms with Gasteiger partial charge in [0.05, 0.1) is 23.7 Å². The van der Waals surface area contributed by atoms with Crippen LogP contribution in [0.5, 0.6) is 0 Å². The highest BCUT2D eigenvalue weighted by Crippen LogP contribution is 2.27. The number of benzene rings is 2. The predicted octanol–water partition coefficient (Wildman–Crippen LogP) is 1.31. The second kappa shape index (κ2) is 8.53. The molecule has 0 bridgehead atoms. The molecule has 162 valence electrons. The Bertz CT molecular complexity index is 1190. The highest BCUT2D eigenvalue weighted by atomic mass is 32.2. The molecule has 1 amide bonds. The molecular weight excluding hydrogens is 425 g/mol. The van der Waals surface area contributed by atoms with Crippen LogP contribution in [0.2, 0.25) is 0 Å². The van der Waals surface area contributed by atoms with Crippen LogP contribution in [0, 0.1) is 5.82 Å². The van der Waals surface area contributed by atoms with Gasteiger partial charge in [-0.3, -0.25) is 4.79 Å². The van der Waals surface area contributed by atoms with Gasteiger partial charge >= 0.3 is 0 Å². The number of carbonyl (C=O) groups excluding carboxylic acids is 1. The van der Waals surface area contributed by atoms with Gasteiger partial charge in [0.25, 0.3) is 5.91 Å². The van der Waals surface area contributed by atoms with E-state index >= 15 is 0 Å². The highest BCUT2D eigenvalue weighted by molar-refractivity contribution is 7.89. The first-order valence-electron chi connectivity index (χ1n) is 9.50. The summed E-state index contributed by atoms with van der Waals surface area (Å²) in [5.74, 6) is -0.688. The smallest absolute Gasteiger partial charge is 0.273 e. The molecular formula is C20H20FN5O4S. The second-order valence-electron chi connectivity index (χ2n) is 7.11. The van der Waals surface area contributed by atoms with Crippen molar-refractivity contribution in [3.63, 3.8) is 0 Å². The summed E-state index contributed by atoms with van der Waals surface area (Å²) in [6, 6.07) is 12.2. The molecule has 1 atom stereocenters.